The molecular formula is C96H80B2N4. The van der Waals surface area contributed by atoms with Gasteiger partial charge in [0.1, 0.15) is 0 Å². The standard InChI is InChI=1S/C96H80B2N4/c1-65-57-83(99(75-33-17-9-18-34-75)76-35-19-10-20-36-76)58-66(2)93(65)97(94-67(3)59-84(60-68(94)4)100(77-37-21-11-22-38-77)78-39-23-12-24-40-78)89-55-51-73-50-54-88-90(56-52-74-49-53-87(89)91(73)92(74)88)98(95-69(5)61-85(62-70(95)6)101(79-41-25-13-26-42-79)80-43-27-14-28-44-80)96-71(7)63-86(64-72(96)8)102(81-45-29-15-30-46-81)82-47-31-16-32-48-82/h9-64H,1-8H3. The fourth-order valence-electron chi connectivity index (χ4n) is 16.8. The number of nitrogens with zero attached hydrogens (tertiary/aromatic N) is 4. The molecule has 0 unspecified atom stereocenters. The number of para-hydroxylation sites is 8. The third-order valence-corrected chi connectivity index (χ3v) is 21.0. The second kappa shape index (κ2) is 27.5. The van der Waals surface area contributed by atoms with E-state index in [9.17, 15) is 0 Å². The van der Waals surface area contributed by atoms with Gasteiger partial charge in [0.2, 0.25) is 13.4 Å². The van der Waals surface area contributed by atoms with Crippen LogP contribution in [0.25, 0.3) is 32.3 Å². The summed E-state index contributed by atoms with van der Waals surface area (Å²) in [5.74, 6) is 0. The Bertz CT molecular complexity index is 4800. The average molecular weight is 1310 g/mol. The van der Waals surface area contributed by atoms with Gasteiger partial charge in [-0.15, -0.1) is 0 Å². The molecule has 490 valence electrons. The summed E-state index contributed by atoms with van der Waals surface area (Å²) in [6.45, 7) is 18.4. The average Bonchev–Trinajstić information content (AvgIpc) is 0.714. The second-order valence-corrected chi connectivity index (χ2v) is 27.6. The van der Waals surface area contributed by atoms with Gasteiger partial charge >= 0.3 is 0 Å². The van der Waals surface area contributed by atoms with E-state index in [4.69, 9.17) is 0 Å². The van der Waals surface area contributed by atoms with Crippen LogP contribution in [0.5, 0.6) is 0 Å². The van der Waals surface area contributed by atoms with Crippen molar-refractivity contribution in [1.29, 1.82) is 0 Å². The highest BCUT2D eigenvalue weighted by molar-refractivity contribution is 6.99. The van der Waals surface area contributed by atoms with Gasteiger partial charge in [-0.2, -0.15) is 0 Å². The van der Waals surface area contributed by atoms with Crippen LogP contribution in [0.4, 0.5) is 68.2 Å². The van der Waals surface area contributed by atoms with Crippen molar-refractivity contribution in [1.82, 2.24) is 0 Å². The molecule has 0 fully saturated rings. The van der Waals surface area contributed by atoms with E-state index in [0.717, 1.165) is 68.2 Å². The molecule has 16 rings (SSSR count). The normalized spacial score (nSPS) is 11.3. The zero-order valence-electron chi connectivity index (χ0n) is 59.3. The summed E-state index contributed by atoms with van der Waals surface area (Å²) in [4.78, 5) is 9.59. The Morgan fingerprint density at radius 2 is 0.343 bits per heavy atom. The Labute approximate surface area is 602 Å². The maximum absolute atomic E-state index is 2.46. The van der Waals surface area contributed by atoms with Gasteiger partial charge in [-0.25, -0.2) is 0 Å². The molecule has 0 aliphatic carbocycles. The van der Waals surface area contributed by atoms with Crippen molar-refractivity contribution in [3.63, 3.8) is 0 Å². The maximum atomic E-state index is 2.46. The fourth-order valence-corrected chi connectivity index (χ4v) is 16.8. The molecular weight excluding hydrogens is 1230 g/mol. The van der Waals surface area contributed by atoms with E-state index >= 15 is 0 Å². The summed E-state index contributed by atoms with van der Waals surface area (Å²) in [6.07, 6.45) is 0. The van der Waals surface area contributed by atoms with Crippen molar-refractivity contribution in [2.45, 2.75) is 55.4 Å². The third kappa shape index (κ3) is 11.9. The Hall–Kier alpha value is -12.1. The molecule has 0 amide bonds. The van der Waals surface area contributed by atoms with Gasteiger partial charge in [0.05, 0.1) is 0 Å². The number of rotatable bonds is 18. The van der Waals surface area contributed by atoms with E-state index in [1.54, 1.807) is 0 Å². The zero-order valence-corrected chi connectivity index (χ0v) is 59.3. The van der Waals surface area contributed by atoms with Crippen LogP contribution in [0, 0.1) is 55.4 Å². The van der Waals surface area contributed by atoms with Crippen molar-refractivity contribution in [3.8, 4) is 0 Å². The van der Waals surface area contributed by atoms with Crippen LogP contribution in [0.1, 0.15) is 44.5 Å². The molecule has 16 aromatic rings. The van der Waals surface area contributed by atoms with E-state index in [1.807, 2.05) is 0 Å². The van der Waals surface area contributed by atoms with E-state index < -0.39 is 0 Å². The first-order valence-corrected chi connectivity index (χ1v) is 35.7. The van der Waals surface area contributed by atoms with Gasteiger partial charge in [0, 0.05) is 68.2 Å². The Morgan fingerprint density at radius 3 is 0.520 bits per heavy atom. The first kappa shape index (κ1) is 64.6. The SMILES string of the molecule is Cc1cc(N(c2ccccc2)c2ccccc2)cc(C)c1B(c1c(C)cc(N(c2ccccc2)c2ccccc2)cc1C)c1ccc2ccc3c(B(c4c(C)cc(N(c5ccccc5)c5ccccc5)cc4C)c4c(C)cc(N(c5ccccc5)c5ccccc5)cc4C)ccc4ccc1c2c43. The number of benzene rings is 16. The van der Waals surface area contributed by atoms with Gasteiger partial charge in [0.15, 0.2) is 0 Å². The minimum Gasteiger partial charge on any atom is -0.310 e. The molecule has 0 saturated heterocycles. The summed E-state index contributed by atoms with van der Waals surface area (Å²) >= 11 is 0. The predicted octanol–water partition coefficient (Wildman–Crippen LogP) is 22.0. The molecule has 0 aliphatic heterocycles. The maximum Gasteiger partial charge on any atom is 0.243 e. The molecule has 0 radical (unpaired) electrons. The highest BCUT2D eigenvalue weighted by Gasteiger charge is 2.35. The van der Waals surface area contributed by atoms with Gasteiger partial charge in [0.25, 0.3) is 0 Å². The summed E-state index contributed by atoms with van der Waals surface area (Å²) in [7, 11) is 0. The molecule has 0 N–H and O–H groups in total. The molecule has 6 heteroatoms. The van der Waals surface area contributed by atoms with E-state index in [2.05, 4.69) is 415 Å². The third-order valence-electron chi connectivity index (χ3n) is 21.0. The van der Waals surface area contributed by atoms with Crippen LogP contribution in [0.2, 0.25) is 0 Å². The molecule has 16 aromatic carbocycles. The lowest BCUT2D eigenvalue weighted by atomic mass is 9.33. The van der Waals surface area contributed by atoms with Crippen molar-refractivity contribution < 1.29 is 0 Å². The topological polar surface area (TPSA) is 13.0 Å². The van der Waals surface area contributed by atoms with Crippen molar-refractivity contribution >= 4 is 147 Å². The summed E-state index contributed by atoms with van der Waals surface area (Å²) in [6, 6.07) is 125. The summed E-state index contributed by atoms with van der Waals surface area (Å²) in [5.41, 5.74) is 31.2. The highest BCUT2D eigenvalue weighted by Crippen LogP contribution is 2.42. The van der Waals surface area contributed by atoms with Gasteiger partial charge < -0.3 is 19.6 Å². The van der Waals surface area contributed by atoms with Crippen molar-refractivity contribution in [3.05, 3.63) is 384 Å². The monoisotopic (exact) mass is 1310 g/mol. The Balaban J connectivity index is 0.925. The Kier molecular flexibility index (Phi) is 17.4. The van der Waals surface area contributed by atoms with Crippen molar-refractivity contribution in [2.75, 3.05) is 19.6 Å². The first-order valence-electron chi connectivity index (χ1n) is 35.7. The number of hydrogen-bond acceptors (Lipinski definition) is 4. The molecule has 0 spiro atoms. The molecule has 0 saturated carbocycles. The molecule has 0 heterocycles. The van der Waals surface area contributed by atoms with Crippen molar-refractivity contribution in [2.24, 2.45) is 0 Å². The molecule has 0 aromatic heterocycles. The zero-order chi connectivity index (χ0) is 69.5. The molecule has 102 heavy (non-hydrogen) atoms. The first-order chi connectivity index (χ1) is 49.9. The lowest BCUT2D eigenvalue weighted by Gasteiger charge is -2.31. The fraction of sp³-hybridized carbons (Fsp3) is 0.0833. The number of anilines is 12. The molecule has 0 atom stereocenters. The van der Waals surface area contributed by atoms with Gasteiger partial charge in [-0.1, -0.05) is 271 Å². The van der Waals surface area contributed by atoms with Crippen LogP contribution in [-0.2, 0) is 0 Å². The van der Waals surface area contributed by atoms with Crippen LogP contribution >= 0.6 is 0 Å². The lowest BCUT2D eigenvalue weighted by Crippen LogP contribution is -2.56. The van der Waals surface area contributed by atoms with E-state index in [0.29, 0.717) is 0 Å². The minimum atomic E-state index is -0.154. The number of aryl methyl sites for hydroxylation is 8. The quantitative estimate of drug-likeness (QED) is 0.0627. The largest absolute Gasteiger partial charge is 0.310 e. The summed E-state index contributed by atoms with van der Waals surface area (Å²) < 4.78 is 0. The van der Waals surface area contributed by atoms with Crippen LogP contribution in [0.15, 0.2) is 340 Å². The van der Waals surface area contributed by atoms with Gasteiger partial charge in [-0.3, -0.25) is 0 Å². The molecule has 0 bridgehead atoms. The van der Waals surface area contributed by atoms with E-state index in [1.165, 1.54) is 110 Å². The minimum absolute atomic E-state index is 0.154. The molecule has 0 aliphatic rings. The van der Waals surface area contributed by atoms with E-state index in [-0.39, 0.29) is 13.4 Å². The number of hydrogen-bond donors (Lipinski definition) is 0. The smallest absolute Gasteiger partial charge is 0.243 e. The molecule has 4 nitrogen and oxygen atoms in total. The Morgan fingerprint density at radius 1 is 0.176 bits per heavy atom. The van der Waals surface area contributed by atoms with Crippen LogP contribution in [-0.4, -0.2) is 13.4 Å². The van der Waals surface area contributed by atoms with Crippen LogP contribution in [0.3, 0.4) is 0 Å². The predicted molar refractivity (Wildman–Crippen MR) is 442 cm³/mol. The van der Waals surface area contributed by atoms with Gasteiger partial charge in [-0.05, 0) is 233 Å². The summed E-state index contributed by atoms with van der Waals surface area (Å²) in [5, 5.41) is 7.57. The second-order valence-electron chi connectivity index (χ2n) is 27.6. The van der Waals surface area contributed by atoms with Crippen LogP contribution < -0.4 is 52.4 Å². The highest BCUT2D eigenvalue weighted by atomic mass is 15.2. The lowest BCUT2D eigenvalue weighted by molar-refractivity contribution is 1.26.